The number of fused-ring (bicyclic) bond motifs is 3. The van der Waals surface area contributed by atoms with Crippen LogP contribution in [0.4, 0.5) is 10.5 Å². The van der Waals surface area contributed by atoms with Gasteiger partial charge in [-0.2, -0.15) is 0 Å². The van der Waals surface area contributed by atoms with Crippen molar-refractivity contribution in [2.75, 3.05) is 25.6 Å². The second-order valence-corrected chi connectivity index (χ2v) is 11.8. The Bertz CT molecular complexity index is 1280. The summed E-state index contributed by atoms with van der Waals surface area (Å²) in [6.45, 7) is 9.87. The molecule has 38 heavy (non-hydrogen) atoms. The molecule has 0 spiro atoms. The minimum absolute atomic E-state index is 0.0197. The van der Waals surface area contributed by atoms with Crippen LogP contribution in [-0.4, -0.2) is 48.7 Å². The number of amides is 1. The first-order valence-electron chi connectivity index (χ1n) is 12.9. The van der Waals surface area contributed by atoms with Crippen LogP contribution in [0.15, 0.2) is 27.9 Å². The average molecular weight is 545 g/mol. The summed E-state index contributed by atoms with van der Waals surface area (Å²) in [5.41, 5.74) is 1.93. The Morgan fingerprint density at radius 1 is 1.16 bits per heavy atom. The van der Waals surface area contributed by atoms with Crippen molar-refractivity contribution in [2.45, 2.75) is 82.3 Å². The van der Waals surface area contributed by atoms with E-state index in [1.54, 1.807) is 64.1 Å². The third-order valence-corrected chi connectivity index (χ3v) is 7.00. The molecule has 2 aliphatic rings. The summed E-state index contributed by atoms with van der Waals surface area (Å²) in [5, 5.41) is 2.83. The van der Waals surface area contributed by atoms with Gasteiger partial charge in [-0.1, -0.05) is 0 Å². The predicted molar refractivity (Wildman–Crippen MR) is 146 cm³/mol. The highest BCUT2D eigenvalue weighted by molar-refractivity contribution is 7.98. The van der Waals surface area contributed by atoms with Crippen LogP contribution in [0.5, 0.6) is 5.75 Å². The molecule has 0 saturated heterocycles. The number of carbonyl (C=O) groups is 2. The molecule has 4 rings (SSSR count). The lowest BCUT2D eigenvalue weighted by molar-refractivity contribution is 0.0374. The molecule has 0 radical (unpaired) electrons. The molecule has 0 unspecified atom stereocenters. The van der Waals surface area contributed by atoms with Gasteiger partial charge in [-0.3, -0.25) is 10.1 Å². The van der Waals surface area contributed by atoms with E-state index in [0.29, 0.717) is 36.8 Å². The zero-order valence-electron chi connectivity index (χ0n) is 22.8. The lowest BCUT2D eigenvalue weighted by atomic mass is 10.0. The molecule has 1 aliphatic carbocycles. The molecule has 0 atom stereocenters. The van der Waals surface area contributed by atoms with E-state index in [0.717, 1.165) is 34.6 Å². The molecule has 10 heteroatoms. The third-order valence-electron chi connectivity index (χ3n) is 5.89. The molecule has 1 saturated carbocycles. The Kier molecular flexibility index (Phi) is 8.42. The lowest BCUT2D eigenvalue weighted by Gasteiger charge is -2.26. The smallest absolute Gasteiger partial charge is 0.412 e. The number of hydrogen-bond acceptors (Lipinski definition) is 8. The van der Waals surface area contributed by atoms with E-state index in [2.05, 4.69) is 5.32 Å². The maximum absolute atomic E-state index is 13.6. The first kappa shape index (κ1) is 28.0. The van der Waals surface area contributed by atoms with Gasteiger partial charge < -0.3 is 23.5 Å². The molecular weight excluding hydrogens is 508 g/mol. The van der Waals surface area contributed by atoms with Crippen molar-refractivity contribution in [2.24, 2.45) is 0 Å². The molecular formula is C28H36N2O7S. The number of thioether (sulfide) groups is 1. The highest BCUT2D eigenvalue weighted by Gasteiger charge is 2.34. The topological polar surface area (TPSA) is 105 Å². The number of pyridine rings is 1. The Balaban J connectivity index is 1.80. The second-order valence-electron chi connectivity index (χ2n) is 10.7. The summed E-state index contributed by atoms with van der Waals surface area (Å²) in [5.74, 6) is 0.489. The van der Waals surface area contributed by atoms with E-state index in [-0.39, 0.29) is 23.3 Å². The summed E-state index contributed by atoms with van der Waals surface area (Å²) >= 11 is 1.59. The summed E-state index contributed by atoms with van der Waals surface area (Å²) in [6.07, 6.45) is 1.48. The highest BCUT2D eigenvalue weighted by Crippen LogP contribution is 2.48. The van der Waals surface area contributed by atoms with E-state index in [9.17, 15) is 14.4 Å². The zero-order valence-corrected chi connectivity index (χ0v) is 23.7. The van der Waals surface area contributed by atoms with Crippen molar-refractivity contribution >= 4 is 29.5 Å². The van der Waals surface area contributed by atoms with Crippen molar-refractivity contribution in [3.63, 3.8) is 0 Å². The van der Waals surface area contributed by atoms with Gasteiger partial charge in [0, 0.05) is 42.4 Å². The summed E-state index contributed by atoms with van der Waals surface area (Å²) in [4.78, 5) is 40.0. The second kappa shape index (κ2) is 11.4. The molecule has 1 amide bonds. The molecule has 206 valence electrons. The number of ether oxygens (including phenoxy) is 4. The molecule has 1 fully saturated rings. The first-order chi connectivity index (χ1) is 18.0. The van der Waals surface area contributed by atoms with Crippen LogP contribution in [0, 0.1) is 0 Å². The van der Waals surface area contributed by atoms with Gasteiger partial charge in [0.05, 0.1) is 24.1 Å². The number of hydrogen-bond donors (Lipinski definition) is 1. The van der Waals surface area contributed by atoms with Gasteiger partial charge in [-0.05, 0) is 71.2 Å². The Hall–Kier alpha value is -2.98. The Morgan fingerprint density at radius 3 is 2.53 bits per heavy atom. The van der Waals surface area contributed by atoms with Gasteiger partial charge in [0.1, 0.15) is 16.9 Å². The third kappa shape index (κ3) is 6.53. The standard InChI is InChI=1S/C28H36N2O7S/c1-16(2)36-26(32)20-12-17-15-38-23-14-22(35-11-7-10-34-6)21(29-27(33)37-28(3,4)5)13-19(23)24(17)30(25(20)31)18-8-9-18/h12-14,16,18H,7-11,15H2,1-6H3,(H,29,33). The number of rotatable bonds is 9. The number of benzene rings is 1. The van der Waals surface area contributed by atoms with Crippen molar-refractivity contribution in [3.05, 3.63) is 39.7 Å². The van der Waals surface area contributed by atoms with Gasteiger partial charge in [-0.25, -0.2) is 9.59 Å². The fraction of sp³-hybridized carbons (Fsp3) is 0.536. The van der Waals surface area contributed by atoms with Gasteiger partial charge in [0.2, 0.25) is 0 Å². The largest absolute Gasteiger partial charge is 0.491 e. The molecule has 2 aromatic rings. The Morgan fingerprint density at radius 2 is 1.89 bits per heavy atom. The van der Waals surface area contributed by atoms with Crippen molar-refractivity contribution < 1.29 is 28.5 Å². The van der Waals surface area contributed by atoms with E-state index in [1.165, 1.54) is 0 Å². The summed E-state index contributed by atoms with van der Waals surface area (Å²) in [6, 6.07) is 5.41. The fourth-order valence-electron chi connectivity index (χ4n) is 4.25. The van der Waals surface area contributed by atoms with Gasteiger partial charge >= 0.3 is 12.1 Å². The van der Waals surface area contributed by atoms with Gasteiger partial charge in [0.25, 0.3) is 5.56 Å². The van der Waals surface area contributed by atoms with E-state index in [1.807, 2.05) is 12.1 Å². The van der Waals surface area contributed by atoms with Crippen LogP contribution in [0.2, 0.25) is 0 Å². The van der Waals surface area contributed by atoms with Crippen LogP contribution < -0.4 is 15.6 Å². The normalized spacial score (nSPS) is 14.5. The Labute approximate surface area is 227 Å². The quantitative estimate of drug-likeness (QED) is 0.313. The van der Waals surface area contributed by atoms with Crippen LogP contribution in [0.3, 0.4) is 0 Å². The van der Waals surface area contributed by atoms with Crippen molar-refractivity contribution in [1.29, 1.82) is 0 Å². The summed E-state index contributed by atoms with van der Waals surface area (Å²) in [7, 11) is 1.63. The summed E-state index contributed by atoms with van der Waals surface area (Å²) < 4.78 is 23.7. The van der Waals surface area contributed by atoms with Crippen LogP contribution in [0.25, 0.3) is 11.3 Å². The van der Waals surface area contributed by atoms with Gasteiger partial charge in [-0.15, -0.1) is 11.8 Å². The monoisotopic (exact) mass is 544 g/mol. The van der Waals surface area contributed by atoms with Crippen molar-refractivity contribution in [1.82, 2.24) is 4.57 Å². The minimum atomic E-state index is -0.673. The predicted octanol–water partition coefficient (Wildman–Crippen LogP) is 5.78. The molecule has 1 N–H and O–H groups in total. The molecule has 1 aliphatic heterocycles. The minimum Gasteiger partial charge on any atom is -0.491 e. The maximum atomic E-state index is 13.6. The number of esters is 1. The van der Waals surface area contributed by atoms with Crippen LogP contribution in [0.1, 0.15) is 75.8 Å². The SMILES string of the molecule is COCCCOc1cc2c(cc1NC(=O)OC(C)(C)C)-c1c(cc(C(=O)OC(C)C)c(=O)n1C1CC1)CS2. The number of carbonyl (C=O) groups excluding carboxylic acids is 2. The zero-order chi connectivity index (χ0) is 27.6. The number of nitrogens with one attached hydrogen (secondary N) is 1. The molecule has 1 aromatic carbocycles. The fourth-order valence-corrected chi connectivity index (χ4v) is 5.28. The lowest BCUT2D eigenvalue weighted by Crippen LogP contribution is -2.30. The van der Waals surface area contributed by atoms with Crippen LogP contribution >= 0.6 is 11.8 Å². The number of anilines is 1. The van der Waals surface area contributed by atoms with E-state index in [4.69, 9.17) is 18.9 Å². The maximum Gasteiger partial charge on any atom is 0.412 e. The molecule has 2 heterocycles. The first-order valence-corrected chi connectivity index (χ1v) is 13.9. The highest BCUT2D eigenvalue weighted by atomic mass is 32.2. The molecule has 1 aromatic heterocycles. The van der Waals surface area contributed by atoms with Crippen molar-refractivity contribution in [3.8, 4) is 17.0 Å². The molecule has 9 nitrogen and oxygen atoms in total. The van der Waals surface area contributed by atoms with E-state index >= 15 is 0 Å². The molecule has 0 bridgehead atoms. The van der Waals surface area contributed by atoms with E-state index < -0.39 is 17.7 Å². The van der Waals surface area contributed by atoms with Crippen LogP contribution in [-0.2, 0) is 20.0 Å². The number of aromatic nitrogens is 1. The van der Waals surface area contributed by atoms with Gasteiger partial charge in [0.15, 0.2) is 0 Å². The number of methoxy groups -OCH3 is 1. The average Bonchev–Trinajstić information content (AvgIpc) is 3.65. The number of nitrogens with zero attached hydrogens (tertiary/aromatic N) is 1.